The molecule has 3 heterocycles. The smallest absolute Gasteiger partial charge is 0.263 e. The zero-order chi connectivity index (χ0) is 25.3. The predicted octanol–water partition coefficient (Wildman–Crippen LogP) is 4.58. The van der Waals surface area contributed by atoms with Crippen molar-refractivity contribution in [3.63, 3.8) is 0 Å². The van der Waals surface area contributed by atoms with Gasteiger partial charge >= 0.3 is 0 Å². The Balaban J connectivity index is 0.00000200. The minimum absolute atomic E-state index is 0. The summed E-state index contributed by atoms with van der Waals surface area (Å²) in [4.78, 5) is 23.8. The molecule has 1 saturated heterocycles. The number of anilines is 3. The molecule has 36 heavy (non-hydrogen) atoms. The van der Waals surface area contributed by atoms with Crippen molar-refractivity contribution in [1.82, 2.24) is 9.88 Å². The van der Waals surface area contributed by atoms with Gasteiger partial charge in [0.05, 0.1) is 4.90 Å². The molecule has 0 radical (unpaired) electrons. The van der Waals surface area contributed by atoms with Crippen molar-refractivity contribution in [2.24, 2.45) is 0 Å². The number of hydrogen-bond donors (Lipinski definition) is 1. The van der Waals surface area contributed by atoms with Crippen molar-refractivity contribution in [3.05, 3.63) is 64.6 Å². The molecule has 1 N–H and O–H groups in total. The average Bonchev–Trinajstić information content (AvgIpc) is 3.40. The first kappa shape index (κ1) is 24.9. The van der Waals surface area contributed by atoms with Gasteiger partial charge in [0, 0.05) is 63.6 Å². The molecule has 8 nitrogen and oxygen atoms in total. The maximum absolute atomic E-state index is 13.4. The van der Waals surface area contributed by atoms with Crippen LogP contribution in [-0.4, -0.2) is 63.0 Å². The van der Waals surface area contributed by atoms with Crippen LogP contribution >= 0.6 is 22.9 Å². The second-order valence-corrected chi connectivity index (χ2v) is 12.0. The Labute approximate surface area is 223 Å². The SMILES string of the molecule is C[C@@H](C(=O)N1CCN(c2cccc(S(=O)(=O)Nc3nccs3)c2)CC1)N1CCCc2cc(Cl)ccc21.[HH].[HH]. The maximum atomic E-state index is 13.4. The van der Waals surface area contributed by atoms with Crippen molar-refractivity contribution in [1.29, 1.82) is 0 Å². The molecule has 2 aromatic carbocycles. The van der Waals surface area contributed by atoms with Gasteiger partial charge in [-0.1, -0.05) is 17.7 Å². The third kappa shape index (κ3) is 5.16. The number of sulfonamides is 1. The Kier molecular flexibility index (Phi) is 7.09. The molecule has 2 aliphatic rings. The summed E-state index contributed by atoms with van der Waals surface area (Å²) in [6, 6.07) is 12.5. The van der Waals surface area contributed by atoms with Crippen molar-refractivity contribution < 1.29 is 16.1 Å². The van der Waals surface area contributed by atoms with E-state index >= 15 is 0 Å². The van der Waals surface area contributed by atoms with Crippen LogP contribution in [0.3, 0.4) is 0 Å². The van der Waals surface area contributed by atoms with Crippen LogP contribution in [0.25, 0.3) is 0 Å². The molecule has 1 fully saturated rings. The summed E-state index contributed by atoms with van der Waals surface area (Å²) in [5, 5.41) is 2.78. The first-order chi connectivity index (χ1) is 17.3. The first-order valence-electron chi connectivity index (χ1n) is 11.9. The molecule has 0 unspecified atom stereocenters. The molecule has 11 heteroatoms. The fourth-order valence-electron chi connectivity index (χ4n) is 4.87. The summed E-state index contributed by atoms with van der Waals surface area (Å²) in [6.07, 6.45) is 3.52. The number of halogens is 1. The highest BCUT2D eigenvalue weighted by Crippen LogP contribution is 2.31. The van der Waals surface area contributed by atoms with Gasteiger partial charge in [0.2, 0.25) is 5.91 Å². The van der Waals surface area contributed by atoms with Crippen LogP contribution < -0.4 is 14.5 Å². The summed E-state index contributed by atoms with van der Waals surface area (Å²) in [6.45, 7) is 5.25. The van der Waals surface area contributed by atoms with E-state index in [4.69, 9.17) is 11.6 Å². The Bertz CT molecular complexity index is 1350. The minimum Gasteiger partial charge on any atom is -0.368 e. The Hall–Kier alpha value is -2.82. The number of nitrogens with one attached hydrogen (secondary N) is 1. The standard InChI is InChI=1S/C25H28ClN5O3S2.2H2/c1-18(31-10-3-4-19-16-20(26)7-8-23(19)31)24(32)30-13-11-29(12-14-30)21-5-2-6-22(17-21)36(33,34)28-25-27-9-15-35-25;;/h2,5-9,15-18H,3-4,10-14H2,1H3,(H,27,28);2*1H/t18-;;/m0../s1. The molecule has 0 spiro atoms. The fourth-order valence-corrected chi connectivity index (χ4v) is 6.90. The molecule has 194 valence electrons. The highest BCUT2D eigenvalue weighted by atomic mass is 35.5. The van der Waals surface area contributed by atoms with E-state index in [0.29, 0.717) is 31.3 Å². The Morgan fingerprint density at radius 2 is 1.94 bits per heavy atom. The first-order valence-corrected chi connectivity index (χ1v) is 14.7. The van der Waals surface area contributed by atoms with Crippen LogP contribution in [0.5, 0.6) is 0 Å². The summed E-state index contributed by atoms with van der Waals surface area (Å²) in [7, 11) is -3.73. The number of benzene rings is 2. The van der Waals surface area contributed by atoms with E-state index in [0.717, 1.165) is 35.8 Å². The topological polar surface area (TPSA) is 85.8 Å². The fraction of sp³-hybridized carbons (Fsp3) is 0.360. The molecule has 1 amide bonds. The predicted molar refractivity (Wildman–Crippen MR) is 149 cm³/mol. The van der Waals surface area contributed by atoms with Crippen molar-refractivity contribution in [2.45, 2.75) is 30.7 Å². The van der Waals surface area contributed by atoms with Crippen molar-refractivity contribution in [2.75, 3.05) is 47.2 Å². The summed E-state index contributed by atoms with van der Waals surface area (Å²) in [5.74, 6) is 0.112. The van der Waals surface area contributed by atoms with Crippen LogP contribution in [0.4, 0.5) is 16.5 Å². The number of carbonyl (C=O) groups excluding carboxylic acids is 1. The van der Waals surface area contributed by atoms with E-state index in [1.807, 2.05) is 36.1 Å². The lowest BCUT2D eigenvalue weighted by molar-refractivity contribution is -0.132. The number of thiazole rings is 1. The number of amides is 1. The van der Waals surface area contributed by atoms with Crippen LogP contribution in [0.1, 0.15) is 21.8 Å². The summed E-state index contributed by atoms with van der Waals surface area (Å²) < 4.78 is 28.1. The normalized spacial score (nSPS) is 17.0. The largest absolute Gasteiger partial charge is 0.368 e. The molecule has 0 aliphatic carbocycles. The molecule has 0 saturated carbocycles. The summed E-state index contributed by atoms with van der Waals surface area (Å²) >= 11 is 7.41. The van der Waals surface area contributed by atoms with Gasteiger partial charge in [0.25, 0.3) is 10.0 Å². The molecule has 5 rings (SSSR count). The maximum Gasteiger partial charge on any atom is 0.263 e. The number of aryl methyl sites for hydroxylation is 1. The van der Waals surface area contributed by atoms with E-state index in [-0.39, 0.29) is 19.7 Å². The zero-order valence-corrected chi connectivity index (χ0v) is 22.3. The number of rotatable bonds is 6. The summed E-state index contributed by atoms with van der Waals surface area (Å²) in [5.41, 5.74) is 3.10. The van der Waals surface area contributed by atoms with E-state index in [1.165, 1.54) is 16.9 Å². The van der Waals surface area contributed by atoms with Crippen LogP contribution in [0.15, 0.2) is 58.9 Å². The van der Waals surface area contributed by atoms with E-state index in [2.05, 4.69) is 19.5 Å². The number of hydrogen-bond acceptors (Lipinski definition) is 7. The van der Waals surface area contributed by atoms with Gasteiger partial charge in [-0.25, -0.2) is 13.4 Å². The van der Waals surface area contributed by atoms with Gasteiger partial charge < -0.3 is 14.7 Å². The Morgan fingerprint density at radius 3 is 2.69 bits per heavy atom. The molecule has 3 aromatic rings. The number of carbonyl (C=O) groups is 1. The van der Waals surface area contributed by atoms with Crippen molar-refractivity contribution in [3.8, 4) is 0 Å². The molecular weight excluding hydrogens is 518 g/mol. The van der Waals surface area contributed by atoms with E-state index in [1.54, 1.807) is 29.8 Å². The van der Waals surface area contributed by atoms with Gasteiger partial charge in [-0.2, -0.15) is 0 Å². The van der Waals surface area contributed by atoms with Gasteiger partial charge in [-0.05, 0) is 61.7 Å². The average molecular weight is 550 g/mol. The third-order valence-electron chi connectivity index (χ3n) is 6.76. The lowest BCUT2D eigenvalue weighted by Gasteiger charge is -2.41. The second kappa shape index (κ2) is 10.3. The molecular formula is C25H32ClN5O3S2. The van der Waals surface area contributed by atoms with Crippen LogP contribution in [0.2, 0.25) is 5.02 Å². The third-order valence-corrected chi connectivity index (χ3v) is 9.15. The molecule has 1 atom stereocenters. The molecule has 1 aromatic heterocycles. The molecule has 2 aliphatic heterocycles. The van der Waals surface area contributed by atoms with E-state index < -0.39 is 10.0 Å². The van der Waals surface area contributed by atoms with E-state index in [9.17, 15) is 13.2 Å². The highest BCUT2D eigenvalue weighted by molar-refractivity contribution is 7.93. The van der Waals surface area contributed by atoms with Gasteiger partial charge in [-0.15, -0.1) is 11.3 Å². The minimum atomic E-state index is -3.73. The van der Waals surface area contributed by atoms with Gasteiger partial charge in [0.1, 0.15) is 6.04 Å². The number of piperazine rings is 1. The Morgan fingerprint density at radius 1 is 1.14 bits per heavy atom. The quantitative estimate of drug-likeness (QED) is 0.484. The second-order valence-electron chi connectivity index (χ2n) is 9.00. The van der Waals surface area contributed by atoms with Crippen LogP contribution in [-0.2, 0) is 21.2 Å². The highest BCUT2D eigenvalue weighted by Gasteiger charge is 2.31. The number of aromatic nitrogens is 1. The number of fused-ring (bicyclic) bond motifs is 1. The lowest BCUT2D eigenvalue weighted by Crippen LogP contribution is -2.55. The number of nitrogens with zero attached hydrogens (tertiary/aromatic N) is 4. The zero-order valence-electron chi connectivity index (χ0n) is 19.9. The van der Waals surface area contributed by atoms with Crippen molar-refractivity contribution >= 4 is 55.4 Å². The van der Waals surface area contributed by atoms with Crippen LogP contribution in [0, 0.1) is 0 Å². The van der Waals surface area contributed by atoms with Gasteiger partial charge in [-0.3, -0.25) is 9.52 Å². The lowest BCUT2D eigenvalue weighted by atomic mass is 10.00. The monoisotopic (exact) mass is 549 g/mol. The van der Waals surface area contributed by atoms with Gasteiger partial charge in [0.15, 0.2) is 5.13 Å². The molecule has 0 bridgehead atoms.